The fraction of sp³-hybridized carbons (Fsp3) is 0.400. The molecule has 2 atom stereocenters. The molecule has 0 aliphatic carbocycles. The van der Waals surface area contributed by atoms with E-state index in [4.69, 9.17) is 11.5 Å². The molecular weight excluding hydrogens is 434 g/mol. The molecular formula is C25H35N5O4. The maximum atomic E-state index is 13.5. The Bertz CT molecular complexity index is 1020. The zero-order valence-electron chi connectivity index (χ0n) is 20.0. The number of nitrogens with one attached hydrogen (secondary N) is 1. The number of phenols is 2. The first-order valence-electron chi connectivity index (χ1n) is 11.5. The molecule has 0 aromatic heterocycles. The highest BCUT2D eigenvalue weighted by atomic mass is 16.3. The van der Waals surface area contributed by atoms with Crippen LogP contribution in [0.3, 0.4) is 0 Å². The van der Waals surface area contributed by atoms with Crippen molar-refractivity contribution in [2.45, 2.75) is 46.1 Å². The molecule has 9 heteroatoms. The van der Waals surface area contributed by atoms with E-state index < -0.39 is 11.9 Å². The summed E-state index contributed by atoms with van der Waals surface area (Å²) in [5, 5.41) is 22.7. The summed E-state index contributed by atoms with van der Waals surface area (Å²) in [6.07, 6.45) is 1.80. The number of nitrogens with two attached hydrogens (primary N) is 2. The highest BCUT2D eigenvalue weighted by Crippen LogP contribution is 2.28. The zero-order valence-corrected chi connectivity index (χ0v) is 20.0. The Balaban J connectivity index is 2.22. The molecule has 0 spiro atoms. The summed E-state index contributed by atoms with van der Waals surface area (Å²) < 4.78 is 0. The van der Waals surface area contributed by atoms with Crippen molar-refractivity contribution in [1.82, 2.24) is 10.2 Å². The number of carbonyl (C=O) groups excluding carboxylic acids is 2. The van der Waals surface area contributed by atoms with Crippen LogP contribution in [0.2, 0.25) is 0 Å². The van der Waals surface area contributed by atoms with Gasteiger partial charge in [0.25, 0.3) is 5.91 Å². The van der Waals surface area contributed by atoms with Gasteiger partial charge in [-0.3, -0.25) is 9.59 Å². The highest BCUT2D eigenvalue weighted by Gasteiger charge is 2.30. The van der Waals surface area contributed by atoms with Gasteiger partial charge in [-0.2, -0.15) is 0 Å². The molecule has 2 rings (SSSR count). The van der Waals surface area contributed by atoms with Crippen LogP contribution >= 0.6 is 0 Å². The normalized spacial score (nSPS) is 12.4. The number of aliphatic imine (C=N–C) groups is 1. The molecule has 0 bridgehead atoms. The minimum Gasteiger partial charge on any atom is -0.504 e. The van der Waals surface area contributed by atoms with Crippen molar-refractivity contribution < 1.29 is 19.8 Å². The second kappa shape index (κ2) is 12.5. The monoisotopic (exact) mass is 469 g/mol. The Morgan fingerprint density at radius 2 is 1.79 bits per heavy atom. The number of rotatable bonds is 11. The molecule has 0 heterocycles. The number of para-hydroxylation sites is 1. The van der Waals surface area contributed by atoms with Gasteiger partial charge in [-0.1, -0.05) is 45.4 Å². The maximum Gasteiger partial charge on any atom is 0.252 e. The van der Waals surface area contributed by atoms with Crippen molar-refractivity contribution in [2.75, 3.05) is 13.1 Å². The third-order valence-electron chi connectivity index (χ3n) is 5.69. The SMILES string of the molecule is CCCN(CCc1cccc(O)c1O)C(=O)[C@@H](NC(=O)c1cccc(N=C(N)N)c1)C(C)CC. The highest BCUT2D eigenvalue weighted by molar-refractivity contribution is 5.98. The molecule has 0 aliphatic rings. The van der Waals surface area contributed by atoms with Crippen LogP contribution in [0.15, 0.2) is 47.5 Å². The van der Waals surface area contributed by atoms with E-state index in [1.165, 1.54) is 6.07 Å². The number of nitrogens with zero attached hydrogens (tertiary/aromatic N) is 2. The summed E-state index contributed by atoms with van der Waals surface area (Å²) in [5.41, 5.74) is 12.2. The van der Waals surface area contributed by atoms with Crippen LogP contribution < -0.4 is 16.8 Å². The molecule has 2 amide bonds. The molecule has 0 aliphatic heterocycles. The van der Waals surface area contributed by atoms with E-state index in [0.717, 1.165) is 6.42 Å². The van der Waals surface area contributed by atoms with Crippen LogP contribution in [0.25, 0.3) is 0 Å². The van der Waals surface area contributed by atoms with E-state index in [1.807, 2.05) is 20.8 Å². The van der Waals surface area contributed by atoms with Gasteiger partial charge in [0, 0.05) is 18.7 Å². The lowest BCUT2D eigenvalue weighted by molar-refractivity contribution is -0.134. The summed E-state index contributed by atoms with van der Waals surface area (Å²) in [5.74, 6) is -1.18. The third-order valence-corrected chi connectivity index (χ3v) is 5.69. The number of benzene rings is 2. The van der Waals surface area contributed by atoms with Crippen LogP contribution in [-0.4, -0.2) is 52.0 Å². The van der Waals surface area contributed by atoms with Gasteiger partial charge < -0.3 is 31.9 Å². The summed E-state index contributed by atoms with van der Waals surface area (Å²) >= 11 is 0. The number of aromatic hydroxyl groups is 2. The average molecular weight is 470 g/mol. The van der Waals surface area contributed by atoms with E-state index in [1.54, 1.807) is 41.3 Å². The fourth-order valence-electron chi connectivity index (χ4n) is 3.61. The molecule has 9 nitrogen and oxygen atoms in total. The quantitative estimate of drug-likeness (QED) is 0.194. The number of carbonyl (C=O) groups is 2. The van der Waals surface area contributed by atoms with E-state index in [2.05, 4.69) is 10.3 Å². The van der Waals surface area contributed by atoms with Gasteiger partial charge >= 0.3 is 0 Å². The van der Waals surface area contributed by atoms with Crippen molar-refractivity contribution in [2.24, 2.45) is 22.4 Å². The maximum absolute atomic E-state index is 13.5. The van der Waals surface area contributed by atoms with Crippen LogP contribution in [0, 0.1) is 5.92 Å². The number of amides is 2. The Morgan fingerprint density at radius 1 is 1.09 bits per heavy atom. The lowest BCUT2D eigenvalue weighted by Crippen LogP contribution is -2.52. The predicted molar refractivity (Wildman–Crippen MR) is 133 cm³/mol. The number of phenolic OH excluding ortho intramolecular Hbond substituents is 2. The second-order valence-electron chi connectivity index (χ2n) is 8.28. The van der Waals surface area contributed by atoms with E-state index >= 15 is 0 Å². The Morgan fingerprint density at radius 3 is 2.44 bits per heavy atom. The van der Waals surface area contributed by atoms with Crippen molar-refractivity contribution in [3.8, 4) is 11.5 Å². The zero-order chi connectivity index (χ0) is 25.3. The number of hydrogen-bond acceptors (Lipinski definition) is 5. The van der Waals surface area contributed by atoms with E-state index in [9.17, 15) is 19.8 Å². The van der Waals surface area contributed by atoms with Crippen molar-refractivity contribution in [3.05, 3.63) is 53.6 Å². The molecule has 2 aromatic carbocycles. The van der Waals surface area contributed by atoms with Gasteiger partial charge in [0.2, 0.25) is 5.91 Å². The Kier molecular flexibility index (Phi) is 9.73. The Hall–Kier alpha value is -3.75. The van der Waals surface area contributed by atoms with Crippen LogP contribution in [0.5, 0.6) is 11.5 Å². The summed E-state index contributed by atoms with van der Waals surface area (Å²) in [6, 6.07) is 10.6. The van der Waals surface area contributed by atoms with E-state index in [-0.39, 0.29) is 29.3 Å². The molecule has 0 fully saturated rings. The second-order valence-corrected chi connectivity index (χ2v) is 8.28. The molecule has 0 saturated heterocycles. The molecule has 1 unspecified atom stereocenters. The lowest BCUT2D eigenvalue weighted by atomic mass is 9.96. The van der Waals surface area contributed by atoms with Crippen molar-refractivity contribution in [1.29, 1.82) is 0 Å². The van der Waals surface area contributed by atoms with E-state index in [0.29, 0.717) is 42.7 Å². The van der Waals surface area contributed by atoms with Crippen molar-refractivity contribution >= 4 is 23.5 Å². The summed E-state index contributed by atoms with van der Waals surface area (Å²) in [4.78, 5) is 32.2. The summed E-state index contributed by atoms with van der Waals surface area (Å²) in [7, 11) is 0. The molecule has 0 radical (unpaired) electrons. The van der Waals surface area contributed by atoms with Crippen LogP contribution in [0.1, 0.15) is 49.5 Å². The first-order chi connectivity index (χ1) is 16.2. The van der Waals surface area contributed by atoms with Crippen LogP contribution in [-0.2, 0) is 11.2 Å². The van der Waals surface area contributed by atoms with Crippen molar-refractivity contribution in [3.63, 3.8) is 0 Å². The first kappa shape index (κ1) is 26.5. The Labute approximate surface area is 200 Å². The smallest absolute Gasteiger partial charge is 0.252 e. The molecule has 7 N–H and O–H groups in total. The predicted octanol–water partition coefficient (Wildman–Crippen LogP) is 2.63. The van der Waals surface area contributed by atoms with Gasteiger partial charge in [0.05, 0.1) is 5.69 Å². The van der Waals surface area contributed by atoms with Gasteiger partial charge in [-0.05, 0) is 48.6 Å². The molecule has 0 saturated carbocycles. The summed E-state index contributed by atoms with van der Waals surface area (Å²) in [6.45, 7) is 6.70. The van der Waals surface area contributed by atoms with Gasteiger partial charge in [0.15, 0.2) is 17.5 Å². The standard InChI is InChI=1S/C25H35N5O4/c1-4-13-30(14-12-17-8-7-11-20(31)22(17)32)24(34)21(16(3)5-2)29-23(33)18-9-6-10-19(15-18)28-25(26)27/h6-11,15-16,21,31-32H,4-5,12-14H2,1-3H3,(H,29,33)(H4,26,27,28)/t16?,21-/m0/s1. The van der Waals surface area contributed by atoms with Gasteiger partial charge in [0.1, 0.15) is 6.04 Å². The number of guanidine groups is 1. The van der Waals surface area contributed by atoms with Gasteiger partial charge in [-0.25, -0.2) is 4.99 Å². The molecule has 2 aromatic rings. The largest absolute Gasteiger partial charge is 0.504 e. The minimum absolute atomic E-state index is 0.106. The molecule has 184 valence electrons. The topological polar surface area (TPSA) is 154 Å². The average Bonchev–Trinajstić information content (AvgIpc) is 2.81. The van der Waals surface area contributed by atoms with Gasteiger partial charge in [-0.15, -0.1) is 0 Å². The lowest BCUT2D eigenvalue weighted by Gasteiger charge is -2.31. The number of hydrogen-bond donors (Lipinski definition) is 5. The first-order valence-corrected chi connectivity index (χ1v) is 11.5. The third kappa shape index (κ3) is 7.13. The van der Waals surface area contributed by atoms with Crippen LogP contribution in [0.4, 0.5) is 5.69 Å². The fourth-order valence-corrected chi connectivity index (χ4v) is 3.61. The molecule has 34 heavy (non-hydrogen) atoms. The minimum atomic E-state index is -0.728.